The van der Waals surface area contributed by atoms with Crippen LogP contribution in [0.4, 0.5) is 11.5 Å². The zero-order chi connectivity index (χ0) is 21.3. The molecule has 154 valence electrons. The Balaban J connectivity index is 1.40. The molecule has 0 fully saturated rings. The van der Waals surface area contributed by atoms with Gasteiger partial charge in [0.2, 0.25) is 11.7 Å². The number of hydrogen-bond acceptors (Lipinski definition) is 6. The van der Waals surface area contributed by atoms with E-state index < -0.39 is 10.4 Å². The molecule has 1 amide bonds. The maximum atomic E-state index is 12.4. The summed E-state index contributed by atoms with van der Waals surface area (Å²) in [5.41, 5.74) is 1.91. The molecule has 0 saturated heterocycles. The number of halogens is 1. The van der Waals surface area contributed by atoms with Gasteiger partial charge in [-0.05, 0) is 49.4 Å². The number of carbonyl (C=O) groups is 1. The van der Waals surface area contributed by atoms with Gasteiger partial charge in [0, 0.05) is 16.8 Å². The number of nitrogens with one attached hydrogen (secondary N) is 3. The summed E-state index contributed by atoms with van der Waals surface area (Å²) in [5.74, 6) is 0.776. The third kappa shape index (κ3) is 4.51. The van der Waals surface area contributed by atoms with Gasteiger partial charge in [-0.15, -0.1) is 0 Å². The molecule has 1 unspecified atom stereocenters. The third-order valence-electron chi connectivity index (χ3n) is 4.14. The van der Waals surface area contributed by atoms with Crippen LogP contribution in [0.5, 0.6) is 0 Å². The number of anilines is 2. The number of fused-ring (bicyclic) bond motifs is 1. The summed E-state index contributed by atoms with van der Waals surface area (Å²) in [6, 6.07) is 12.5. The second-order valence-electron chi connectivity index (χ2n) is 6.52. The van der Waals surface area contributed by atoms with Gasteiger partial charge in [-0.25, -0.2) is 4.98 Å². The Bertz CT molecular complexity index is 1270. The number of H-pyrrole nitrogens is 1. The number of sulfonamides is 1. The lowest BCUT2D eigenvalue weighted by atomic mass is 10.3. The molecule has 0 bridgehead atoms. The van der Waals surface area contributed by atoms with Crippen LogP contribution in [0.2, 0.25) is 5.02 Å². The van der Waals surface area contributed by atoms with E-state index >= 15 is 0 Å². The molecule has 2 aromatic heterocycles. The molecule has 30 heavy (non-hydrogen) atoms. The van der Waals surface area contributed by atoms with Crippen LogP contribution in [-0.2, 0) is 25.8 Å². The van der Waals surface area contributed by atoms with Crippen molar-refractivity contribution in [3.05, 3.63) is 65.1 Å². The van der Waals surface area contributed by atoms with Crippen LogP contribution in [0.3, 0.4) is 0 Å². The summed E-state index contributed by atoms with van der Waals surface area (Å²) in [6.45, 7) is 1.66. The van der Waals surface area contributed by atoms with Crippen LogP contribution in [-0.4, -0.2) is 25.6 Å². The second-order valence-corrected chi connectivity index (χ2v) is 8.64. The molecular formula is C19H16ClN5O4S. The molecule has 4 rings (SSSR count). The third-order valence-corrected chi connectivity index (χ3v) is 5.74. The number of imidazole rings is 1. The summed E-state index contributed by atoms with van der Waals surface area (Å²) in [6.07, 6.45) is 0.0272. The molecule has 1 atom stereocenters. The Morgan fingerprint density at radius 1 is 1.23 bits per heavy atom. The summed E-state index contributed by atoms with van der Waals surface area (Å²) in [5, 5.41) is 6.89. The minimum atomic E-state index is -3.82. The highest BCUT2D eigenvalue weighted by Gasteiger charge is 2.22. The average molecular weight is 446 g/mol. The second kappa shape index (κ2) is 7.90. The summed E-state index contributed by atoms with van der Waals surface area (Å²) >= 11 is 5.95. The molecule has 11 heteroatoms. The lowest BCUT2D eigenvalue weighted by Crippen LogP contribution is -2.21. The van der Waals surface area contributed by atoms with Gasteiger partial charge >= 0.3 is 0 Å². The number of carbonyl (C=O) groups excluding carboxylic acids is 1. The fourth-order valence-corrected chi connectivity index (χ4v) is 3.96. The molecule has 0 spiro atoms. The van der Waals surface area contributed by atoms with Crippen molar-refractivity contribution >= 4 is 50.4 Å². The normalized spacial score (nSPS) is 13.2. The van der Waals surface area contributed by atoms with Gasteiger partial charge in [-0.1, -0.05) is 21.0 Å². The summed E-state index contributed by atoms with van der Waals surface area (Å²) in [4.78, 5) is 19.7. The molecular weight excluding hydrogens is 430 g/mol. The van der Waals surface area contributed by atoms with E-state index in [0.717, 1.165) is 5.52 Å². The SMILES string of the molecule is Cc1cc(N[S+](=O)([O-])c2ccc(NC(=O)Cc3nc4ccc(Cl)cc4[nH]3)cc2)no1. The molecule has 4 aromatic rings. The van der Waals surface area contributed by atoms with Gasteiger partial charge in [-0.3, -0.25) is 4.79 Å². The zero-order valence-electron chi connectivity index (χ0n) is 15.6. The quantitative estimate of drug-likeness (QED) is 0.387. The van der Waals surface area contributed by atoms with Gasteiger partial charge in [-0.2, -0.15) is 4.72 Å². The van der Waals surface area contributed by atoms with E-state index in [2.05, 4.69) is 25.2 Å². The fourth-order valence-electron chi connectivity index (χ4n) is 2.80. The van der Waals surface area contributed by atoms with E-state index in [0.29, 0.717) is 27.8 Å². The van der Waals surface area contributed by atoms with Gasteiger partial charge in [0.25, 0.3) is 0 Å². The van der Waals surface area contributed by atoms with Crippen LogP contribution in [0.1, 0.15) is 11.6 Å². The van der Waals surface area contributed by atoms with Crippen molar-refractivity contribution in [2.45, 2.75) is 18.2 Å². The van der Waals surface area contributed by atoms with Crippen LogP contribution in [0, 0.1) is 6.92 Å². The van der Waals surface area contributed by atoms with Crippen LogP contribution < -0.4 is 10.0 Å². The lowest BCUT2D eigenvalue weighted by molar-refractivity contribution is -0.115. The Labute approximate surface area is 177 Å². The Morgan fingerprint density at radius 3 is 2.70 bits per heavy atom. The number of nitrogens with zero attached hydrogens (tertiary/aromatic N) is 2. The van der Waals surface area contributed by atoms with Crippen LogP contribution in [0.15, 0.2) is 57.9 Å². The molecule has 0 aliphatic rings. The Morgan fingerprint density at radius 2 is 2.00 bits per heavy atom. The first-order valence-electron chi connectivity index (χ1n) is 8.79. The molecule has 0 saturated carbocycles. The van der Waals surface area contributed by atoms with E-state index in [9.17, 15) is 13.6 Å². The predicted octanol–water partition coefficient (Wildman–Crippen LogP) is 3.71. The Kier molecular flexibility index (Phi) is 5.29. The maximum absolute atomic E-state index is 12.4. The molecule has 0 aliphatic carbocycles. The first-order chi connectivity index (χ1) is 14.3. The highest BCUT2D eigenvalue weighted by Crippen LogP contribution is 2.22. The predicted molar refractivity (Wildman–Crippen MR) is 112 cm³/mol. The monoisotopic (exact) mass is 445 g/mol. The van der Waals surface area contributed by atoms with Crippen LogP contribution >= 0.6 is 11.6 Å². The van der Waals surface area contributed by atoms with Crippen molar-refractivity contribution in [1.29, 1.82) is 0 Å². The van der Waals surface area contributed by atoms with E-state index in [-0.39, 0.29) is 23.0 Å². The standard InChI is InChI=1S/C19H16ClN5O4S/c1-11-8-18(24-29-11)25-30(27,28)14-5-3-13(4-6-14)21-19(26)10-17-22-15-7-2-12(20)9-16(15)23-17/h2-9H,10H2,1H3,(H3-,21,22,23,24,25,26,27,28). The van der Waals surface area contributed by atoms with Gasteiger partial charge < -0.3 is 19.4 Å². The van der Waals surface area contributed by atoms with Crippen molar-refractivity contribution in [3.8, 4) is 0 Å². The lowest BCUT2D eigenvalue weighted by Gasteiger charge is -2.14. The first kappa shape index (κ1) is 20.1. The average Bonchev–Trinajstić information content (AvgIpc) is 3.26. The van der Waals surface area contributed by atoms with Crippen LogP contribution in [0.25, 0.3) is 11.0 Å². The molecule has 9 nitrogen and oxygen atoms in total. The van der Waals surface area contributed by atoms with E-state index in [1.54, 1.807) is 25.1 Å². The molecule has 0 aliphatic heterocycles. The van der Waals surface area contributed by atoms with Gasteiger partial charge in [0.15, 0.2) is 15.3 Å². The smallest absolute Gasteiger partial charge is 0.231 e. The van der Waals surface area contributed by atoms with E-state index in [4.69, 9.17) is 16.1 Å². The highest BCUT2D eigenvalue weighted by molar-refractivity contribution is 7.98. The number of rotatable bonds is 6. The van der Waals surface area contributed by atoms with Crippen molar-refractivity contribution in [3.63, 3.8) is 0 Å². The number of aryl methyl sites for hydroxylation is 1. The molecule has 2 heterocycles. The van der Waals surface area contributed by atoms with E-state index in [1.165, 1.54) is 30.3 Å². The van der Waals surface area contributed by atoms with Crippen molar-refractivity contribution in [2.75, 3.05) is 10.0 Å². The Hall–Kier alpha value is -3.21. The van der Waals surface area contributed by atoms with Gasteiger partial charge in [0.05, 0.1) is 17.5 Å². The zero-order valence-corrected chi connectivity index (χ0v) is 17.2. The largest absolute Gasteiger partial charge is 0.588 e. The number of aromatic amines is 1. The summed E-state index contributed by atoms with van der Waals surface area (Å²) < 4.78 is 32.0. The van der Waals surface area contributed by atoms with E-state index in [1.807, 2.05) is 0 Å². The van der Waals surface area contributed by atoms with Gasteiger partial charge in [0.1, 0.15) is 11.6 Å². The topological polar surface area (TPSA) is 136 Å². The number of amides is 1. The number of hydrogen-bond donors (Lipinski definition) is 3. The van der Waals surface area contributed by atoms with Crippen molar-refractivity contribution < 1.29 is 18.1 Å². The molecule has 2 aromatic carbocycles. The minimum Gasteiger partial charge on any atom is -0.588 e. The first-order valence-corrected chi connectivity index (χ1v) is 10.6. The minimum absolute atomic E-state index is 0.0234. The molecule has 3 N–H and O–H groups in total. The fraction of sp³-hybridized carbons (Fsp3) is 0.105. The maximum Gasteiger partial charge on any atom is 0.231 e. The number of aromatic nitrogens is 3. The van der Waals surface area contributed by atoms with Crippen molar-refractivity contribution in [1.82, 2.24) is 15.1 Å². The highest BCUT2D eigenvalue weighted by atomic mass is 35.5. The summed E-state index contributed by atoms with van der Waals surface area (Å²) in [7, 11) is -3.82. The number of benzene rings is 2. The molecule has 0 radical (unpaired) electrons. The van der Waals surface area contributed by atoms with Crippen molar-refractivity contribution in [2.24, 2.45) is 0 Å².